The summed E-state index contributed by atoms with van der Waals surface area (Å²) < 4.78 is 0. The summed E-state index contributed by atoms with van der Waals surface area (Å²) in [4.78, 5) is 14.5. The molecule has 2 amide bonds. The molecule has 1 aliphatic heterocycles. The van der Waals surface area contributed by atoms with Crippen molar-refractivity contribution in [2.75, 3.05) is 32.8 Å². The quantitative estimate of drug-likeness (QED) is 0.720. The van der Waals surface area contributed by atoms with E-state index < -0.39 is 0 Å². The lowest BCUT2D eigenvalue weighted by molar-refractivity contribution is 0.215. The van der Waals surface area contributed by atoms with Gasteiger partial charge in [0, 0.05) is 19.6 Å². The van der Waals surface area contributed by atoms with Gasteiger partial charge in [0.05, 0.1) is 12.6 Å². The van der Waals surface area contributed by atoms with Crippen molar-refractivity contribution in [3.63, 3.8) is 0 Å². The highest BCUT2D eigenvalue weighted by Gasteiger charge is 2.23. The summed E-state index contributed by atoms with van der Waals surface area (Å²) >= 11 is 0. The van der Waals surface area contributed by atoms with Crippen molar-refractivity contribution in [3.8, 4) is 0 Å². The standard InChI is InChI=1S/C18H29N3O2/c1-14(2)11-21-9-8-15(12-21)10-19-18(23)20-17(13-22)16-6-4-3-5-7-16/h3-7,14-15,17,22H,8-13H2,1-2H3,(H2,19,20,23). The average Bonchev–Trinajstić information content (AvgIpc) is 2.98. The predicted octanol–water partition coefficient (Wildman–Crippen LogP) is 2.00. The van der Waals surface area contributed by atoms with Gasteiger partial charge in [-0.25, -0.2) is 4.79 Å². The number of nitrogens with zero attached hydrogens (tertiary/aromatic N) is 1. The van der Waals surface area contributed by atoms with Crippen molar-refractivity contribution >= 4 is 6.03 Å². The number of likely N-dealkylation sites (tertiary alicyclic amines) is 1. The lowest BCUT2D eigenvalue weighted by Gasteiger charge is -2.20. The molecule has 23 heavy (non-hydrogen) atoms. The molecular formula is C18H29N3O2. The molecule has 0 saturated carbocycles. The second-order valence-corrected chi connectivity index (χ2v) is 6.81. The highest BCUT2D eigenvalue weighted by Crippen LogP contribution is 2.16. The number of hydrogen-bond acceptors (Lipinski definition) is 3. The third-order valence-electron chi connectivity index (χ3n) is 4.23. The fourth-order valence-electron chi connectivity index (χ4n) is 3.13. The van der Waals surface area contributed by atoms with Gasteiger partial charge < -0.3 is 20.6 Å². The van der Waals surface area contributed by atoms with Crippen LogP contribution in [0, 0.1) is 11.8 Å². The van der Waals surface area contributed by atoms with Gasteiger partial charge in [0.15, 0.2) is 0 Å². The normalized spacial score (nSPS) is 19.7. The Morgan fingerprint density at radius 3 is 2.74 bits per heavy atom. The summed E-state index contributed by atoms with van der Waals surface area (Å²) in [5.41, 5.74) is 0.911. The molecule has 3 N–H and O–H groups in total. The molecule has 1 fully saturated rings. The molecule has 0 aliphatic carbocycles. The number of hydrogen-bond donors (Lipinski definition) is 3. The van der Waals surface area contributed by atoms with Gasteiger partial charge in [0.25, 0.3) is 0 Å². The highest BCUT2D eigenvalue weighted by molar-refractivity contribution is 5.74. The minimum absolute atomic E-state index is 0.108. The summed E-state index contributed by atoms with van der Waals surface area (Å²) in [5, 5.41) is 15.3. The van der Waals surface area contributed by atoms with E-state index in [1.165, 1.54) is 0 Å². The fraction of sp³-hybridized carbons (Fsp3) is 0.611. The largest absolute Gasteiger partial charge is 0.394 e. The summed E-state index contributed by atoms with van der Waals surface area (Å²) in [6, 6.07) is 8.95. The fourth-order valence-corrected chi connectivity index (χ4v) is 3.13. The zero-order valence-electron chi connectivity index (χ0n) is 14.2. The van der Waals surface area contributed by atoms with Crippen LogP contribution in [0.5, 0.6) is 0 Å². The second kappa shape index (κ2) is 8.89. The molecule has 1 heterocycles. The zero-order valence-corrected chi connectivity index (χ0v) is 14.2. The van der Waals surface area contributed by atoms with Crippen LogP contribution in [0.15, 0.2) is 30.3 Å². The first kappa shape index (κ1) is 17.8. The van der Waals surface area contributed by atoms with Gasteiger partial charge in [-0.2, -0.15) is 0 Å². The van der Waals surface area contributed by atoms with E-state index in [1.807, 2.05) is 30.3 Å². The van der Waals surface area contributed by atoms with Crippen LogP contribution in [0.2, 0.25) is 0 Å². The van der Waals surface area contributed by atoms with Gasteiger partial charge in [-0.15, -0.1) is 0 Å². The first-order valence-corrected chi connectivity index (χ1v) is 8.51. The third kappa shape index (κ3) is 5.84. The van der Waals surface area contributed by atoms with Gasteiger partial charge in [-0.3, -0.25) is 0 Å². The van der Waals surface area contributed by atoms with Crippen LogP contribution in [0.3, 0.4) is 0 Å². The lowest BCUT2D eigenvalue weighted by Crippen LogP contribution is -2.41. The van der Waals surface area contributed by atoms with Crippen molar-refractivity contribution in [2.45, 2.75) is 26.3 Å². The number of nitrogens with one attached hydrogen (secondary N) is 2. The van der Waals surface area contributed by atoms with E-state index in [4.69, 9.17) is 0 Å². The van der Waals surface area contributed by atoms with Crippen LogP contribution in [-0.4, -0.2) is 48.8 Å². The Kier molecular flexibility index (Phi) is 6.86. The van der Waals surface area contributed by atoms with E-state index >= 15 is 0 Å². The second-order valence-electron chi connectivity index (χ2n) is 6.81. The zero-order chi connectivity index (χ0) is 16.7. The van der Waals surface area contributed by atoms with Crippen molar-refractivity contribution < 1.29 is 9.90 Å². The SMILES string of the molecule is CC(C)CN1CCC(CNC(=O)NC(CO)c2ccccc2)C1. The maximum absolute atomic E-state index is 12.1. The van der Waals surface area contributed by atoms with E-state index in [9.17, 15) is 9.90 Å². The van der Waals surface area contributed by atoms with E-state index in [-0.39, 0.29) is 18.7 Å². The number of carbonyl (C=O) groups is 1. The van der Waals surface area contributed by atoms with Crippen LogP contribution in [-0.2, 0) is 0 Å². The molecule has 0 spiro atoms. The molecule has 1 saturated heterocycles. The predicted molar refractivity (Wildman–Crippen MR) is 92.2 cm³/mol. The first-order chi connectivity index (χ1) is 11.1. The Labute approximate surface area is 139 Å². The van der Waals surface area contributed by atoms with Crippen molar-refractivity contribution in [3.05, 3.63) is 35.9 Å². The van der Waals surface area contributed by atoms with Crippen LogP contribution < -0.4 is 10.6 Å². The molecule has 0 radical (unpaired) electrons. The monoisotopic (exact) mass is 319 g/mol. The smallest absolute Gasteiger partial charge is 0.315 e. The molecule has 0 bridgehead atoms. The number of amides is 2. The molecule has 5 nitrogen and oxygen atoms in total. The number of benzene rings is 1. The van der Waals surface area contributed by atoms with Crippen molar-refractivity contribution in [1.82, 2.24) is 15.5 Å². The number of urea groups is 1. The lowest BCUT2D eigenvalue weighted by atomic mass is 10.1. The molecule has 128 valence electrons. The molecular weight excluding hydrogens is 290 g/mol. The summed E-state index contributed by atoms with van der Waals surface area (Å²) in [7, 11) is 0. The van der Waals surface area contributed by atoms with Crippen LogP contribution in [0.1, 0.15) is 31.9 Å². The Hall–Kier alpha value is -1.59. The number of rotatable bonds is 7. The average molecular weight is 319 g/mol. The molecule has 1 aromatic carbocycles. The molecule has 1 aromatic rings. The summed E-state index contributed by atoms with van der Waals surface area (Å²) in [6.07, 6.45) is 1.13. The van der Waals surface area contributed by atoms with Gasteiger partial charge in [-0.05, 0) is 30.4 Å². The maximum Gasteiger partial charge on any atom is 0.315 e. The Bertz CT molecular complexity index is 478. The number of aliphatic hydroxyl groups excluding tert-OH is 1. The minimum Gasteiger partial charge on any atom is -0.394 e. The third-order valence-corrected chi connectivity index (χ3v) is 4.23. The highest BCUT2D eigenvalue weighted by atomic mass is 16.3. The van der Waals surface area contributed by atoms with Crippen molar-refractivity contribution in [2.24, 2.45) is 11.8 Å². The summed E-state index contributed by atoms with van der Waals surface area (Å²) in [6.45, 7) is 8.35. The van der Waals surface area contributed by atoms with E-state index in [2.05, 4.69) is 29.4 Å². The molecule has 0 aromatic heterocycles. The molecule has 2 unspecified atom stereocenters. The maximum atomic E-state index is 12.1. The van der Waals surface area contributed by atoms with Crippen molar-refractivity contribution in [1.29, 1.82) is 0 Å². The molecule has 2 atom stereocenters. The molecule has 5 heteroatoms. The van der Waals surface area contributed by atoms with Crippen LogP contribution >= 0.6 is 0 Å². The van der Waals surface area contributed by atoms with Gasteiger partial charge in [-0.1, -0.05) is 44.2 Å². The van der Waals surface area contributed by atoms with E-state index in [1.54, 1.807) is 0 Å². The van der Waals surface area contributed by atoms with E-state index in [0.29, 0.717) is 18.4 Å². The summed E-state index contributed by atoms with van der Waals surface area (Å²) in [5.74, 6) is 1.20. The van der Waals surface area contributed by atoms with Gasteiger partial charge in [0.1, 0.15) is 0 Å². The molecule has 1 aliphatic rings. The Morgan fingerprint density at radius 1 is 1.35 bits per heavy atom. The van der Waals surface area contributed by atoms with Crippen LogP contribution in [0.25, 0.3) is 0 Å². The Morgan fingerprint density at radius 2 is 2.09 bits per heavy atom. The minimum atomic E-state index is -0.364. The van der Waals surface area contributed by atoms with E-state index in [0.717, 1.165) is 31.6 Å². The topological polar surface area (TPSA) is 64.6 Å². The van der Waals surface area contributed by atoms with Crippen LogP contribution in [0.4, 0.5) is 4.79 Å². The van der Waals surface area contributed by atoms with Gasteiger partial charge in [0.2, 0.25) is 0 Å². The number of carbonyl (C=O) groups excluding carboxylic acids is 1. The van der Waals surface area contributed by atoms with Gasteiger partial charge >= 0.3 is 6.03 Å². The first-order valence-electron chi connectivity index (χ1n) is 8.51. The Balaban J connectivity index is 1.73. The number of aliphatic hydroxyl groups is 1. The molecule has 2 rings (SSSR count).